The summed E-state index contributed by atoms with van der Waals surface area (Å²) in [7, 11) is 2.87. The smallest absolute Gasteiger partial charge is 0.184 e. The number of rotatable bonds is 7. The Morgan fingerprint density at radius 3 is 2.15 bits per heavy atom. The summed E-state index contributed by atoms with van der Waals surface area (Å²) in [5.74, 6) is 0. The van der Waals surface area contributed by atoms with Crippen molar-refractivity contribution in [1.82, 2.24) is 0 Å². The molecule has 0 bridgehead atoms. The Hall–Kier alpha value is -0.200. The van der Waals surface area contributed by atoms with Crippen LogP contribution < -0.4 is 0 Å². The van der Waals surface area contributed by atoms with Crippen LogP contribution in [0.4, 0.5) is 0 Å². The van der Waals surface area contributed by atoms with Crippen LogP contribution in [-0.4, -0.2) is 56.1 Å². The molecule has 0 radical (unpaired) electrons. The molecule has 0 saturated heterocycles. The van der Waals surface area contributed by atoms with Crippen LogP contribution in [0.15, 0.2) is 0 Å². The molecule has 0 unspecified atom stereocenters. The van der Waals surface area contributed by atoms with Crippen LogP contribution in [0, 0.1) is 0 Å². The van der Waals surface area contributed by atoms with Crippen molar-refractivity contribution in [2.75, 3.05) is 27.4 Å². The van der Waals surface area contributed by atoms with Crippen LogP contribution in [0.5, 0.6) is 0 Å². The van der Waals surface area contributed by atoms with Gasteiger partial charge >= 0.3 is 0 Å². The average Bonchev–Trinajstić information content (AvgIpc) is 2.16. The predicted octanol–water partition coefficient (Wildman–Crippen LogP) is -0.636. The van der Waals surface area contributed by atoms with Gasteiger partial charge in [-0.15, -0.1) is 0 Å². The van der Waals surface area contributed by atoms with E-state index < -0.39 is 12.4 Å². The third-order valence-electron chi connectivity index (χ3n) is 1.59. The Bertz CT molecular complexity index is 115. The topological polar surface area (TPSA) is 68.2 Å². The van der Waals surface area contributed by atoms with Gasteiger partial charge in [-0.25, -0.2) is 0 Å². The molecule has 0 rings (SSSR count). The molecule has 5 nitrogen and oxygen atoms in total. The van der Waals surface area contributed by atoms with Crippen LogP contribution in [-0.2, 0) is 14.2 Å². The molecule has 0 aromatic heterocycles. The lowest BCUT2D eigenvalue weighted by atomic mass is 10.3. The van der Waals surface area contributed by atoms with E-state index in [9.17, 15) is 5.11 Å². The second-order valence-corrected chi connectivity index (χ2v) is 2.73. The zero-order valence-corrected chi connectivity index (χ0v) is 8.27. The van der Waals surface area contributed by atoms with Gasteiger partial charge < -0.3 is 24.4 Å². The van der Waals surface area contributed by atoms with Crippen molar-refractivity contribution in [2.45, 2.75) is 25.4 Å². The van der Waals surface area contributed by atoms with E-state index in [0.717, 1.165) is 0 Å². The molecule has 0 fully saturated rings. The molecule has 2 atom stereocenters. The number of methoxy groups -OCH3 is 2. The Morgan fingerprint density at radius 2 is 1.77 bits per heavy atom. The third-order valence-corrected chi connectivity index (χ3v) is 1.59. The second-order valence-electron chi connectivity index (χ2n) is 2.73. The van der Waals surface area contributed by atoms with E-state index >= 15 is 0 Å². The van der Waals surface area contributed by atoms with Crippen LogP contribution >= 0.6 is 0 Å². The van der Waals surface area contributed by atoms with Crippen molar-refractivity contribution in [3.8, 4) is 0 Å². The summed E-state index contributed by atoms with van der Waals surface area (Å²) in [6, 6.07) is 0. The summed E-state index contributed by atoms with van der Waals surface area (Å²) in [4.78, 5) is 0. The standard InChI is InChI=1S/C8H18O5/c1-6(4-9)13-5-7(10)8(11-2)12-3/h6-10H,4-5H2,1-3H3/t6-,7-/m0/s1. The Morgan fingerprint density at radius 1 is 1.23 bits per heavy atom. The van der Waals surface area contributed by atoms with Crippen molar-refractivity contribution >= 4 is 0 Å². The predicted molar refractivity (Wildman–Crippen MR) is 46.3 cm³/mol. The fourth-order valence-electron chi connectivity index (χ4n) is 0.805. The number of ether oxygens (including phenoxy) is 3. The van der Waals surface area contributed by atoms with Crippen LogP contribution in [0.25, 0.3) is 0 Å². The SMILES string of the molecule is COC(OC)[C@@H](O)CO[C@@H](C)CO. The van der Waals surface area contributed by atoms with Gasteiger partial charge in [0.25, 0.3) is 0 Å². The first-order chi connectivity index (χ1) is 6.15. The van der Waals surface area contributed by atoms with E-state index in [-0.39, 0.29) is 19.3 Å². The van der Waals surface area contributed by atoms with Gasteiger partial charge in [0, 0.05) is 14.2 Å². The minimum atomic E-state index is -0.844. The zero-order chi connectivity index (χ0) is 10.3. The molecule has 0 aliphatic rings. The minimum absolute atomic E-state index is 0.0721. The van der Waals surface area contributed by atoms with Gasteiger partial charge in [0.2, 0.25) is 0 Å². The fourth-order valence-corrected chi connectivity index (χ4v) is 0.805. The van der Waals surface area contributed by atoms with Gasteiger partial charge in [-0.3, -0.25) is 0 Å². The third kappa shape index (κ3) is 5.17. The van der Waals surface area contributed by atoms with Gasteiger partial charge in [0.1, 0.15) is 6.10 Å². The van der Waals surface area contributed by atoms with Crippen molar-refractivity contribution in [3.63, 3.8) is 0 Å². The molecule has 5 heteroatoms. The molecule has 80 valence electrons. The lowest BCUT2D eigenvalue weighted by Crippen LogP contribution is -2.35. The summed E-state index contributed by atoms with van der Waals surface area (Å²) >= 11 is 0. The molecule has 0 spiro atoms. The average molecular weight is 194 g/mol. The molecule has 0 aliphatic heterocycles. The van der Waals surface area contributed by atoms with E-state index in [0.29, 0.717) is 0 Å². The van der Waals surface area contributed by atoms with Gasteiger partial charge in [0.05, 0.1) is 19.3 Å². The van der Waals surface area contributed by atoms with Gasteiger partial charge in [-0.1, -0.05) is 0 Å². The molecular formula is C8H18O5. The quantitative estimate of drug-likeness (QED) is 0.528. The van der Waals surface area contributed by atoms with E-state index in [2.05, 4.69) is 0 Å². The van der Waals surface area contributed by atoms with Crippen molar-refractivity contribution in [3.05, 3.63) is 0 Å². The lowest BCUT2D eigenvalue weighted by molar-refractivity contribution is -0.183. The fraction of sp³-hybridized carbons (Fsp3) is 1.00. The highest BCUT2D eigenvalue weighted by Crippen LogP contribution is 2.01. The maximum absolute atomic E-state index is 9.40. The van der Waals surface area contributed by atoms with E-state index in [4.69, 9.17) is 19.3 Å². The molecule has 13 heavy (non-hydrogen) atoms. The first kappa shape index (κ1) is 12.8. The zero-order valence-electron chi connectivity index (χ0n) is 8.27. The highest BCUT2D eigenvalue weighted by molar-refractivity contribution is 4.59. The Labute approximate surface area is 78.2 Å². The summed E-state index contributed by atoms with van der Waals surface area (Å²) in [5.41, 5.74) is 0. The first-order valence-corrected chi connectivity index (χ1v) is 4.11. The maximum atomic E-state index is 9.40. The Balaban J connectivity index is 3.65. The first-order valence-electron chi connectivity index (χ1n) is 4.11. The Kier molecular flexibility index (Phi) is 7.12. The normalized spacial score (nSPS) is 16.2. The molecule has 0 aromatic carbocycles. The second kappa shape index (κ2) is 7.23. The monoisotopic (exact) mass is 194 g/mol. The molecule has 0 heterocycles. The summed E-state index contributed by atoms with van der Waals surface area (Å²) in [6.07, 6.45) is -1.82. The van der Waals surface area contributed by atoms with Crippen LogP contribution in [0.1, 0.15) is 6.92 Å². The lowest BCUT2D eigenvalue weighted by Gasteiger charge is -2.21. The molecule has 0 saturated carbocycles. The maximum Gasteiger partial charge on any atom is 0.184 e. The number of hydrogen-bond donors (Lipinski definition) is 2. The van der Waals surface area contributed by atoms with E-state index in [1.165, 1.54) is 14.2 Å². The van der Waals surface area contributed by atoms with E-state index in [1.54, 1.807) is 6.92 Å². The molecule has 0 aromatic rings. The molecule has 0 aliphatic carbocycles. The summed E-state index contributed by atoms with van der Waals surface area (Å²) < 4.78 is 14.7. The molecular weight excluding hydrogens is 176 g/mol. The van der Waals surface area contributed by atoms with Crippen molar-refractivity contribution in [1.29, 1.82) is 0 Å². The van der Waals surface area contributed by atoms with Gasteiger partial charge in [-0.05, 0) is 6.92 Å². The summed E-state index contributed by atoms with van der Waals surface area (Å²) in [5, 5.41) is 18.0. The van der Waals surface area contributed by atoms with Crippen molar-refractivity contribution < 1.29 is 24.4 Å². The molecule has 0 amide bonds. The van der Waals surface area contributed by atoms with Crippen molar-refractivity contribution in [2.24, 2.45) is 0 Å². The number of hydrogen-bond acceptors (Lipinski definition) is 5. The highest BCUT2D eigenvalue weighted by atomic mass is 16.7. The van der Waals surface area contributed by atoms with Gasteiger partial charge in [0.15, 0.2) is 6.29 Å². The highest BCUT2D eigenvalue weighted by Gasteiger charge is 2.18. The largest absolute Gasteiger partial charge is 0.394 e. The number of aliphatic hydroxyl groups excluding tert-OH is 2. The molecule has 2 N–H and O–H groups in total. The minimum Gasteiger partial charge on any atom is -0.394 e. The van der Waals surface area contributed by atoms with Crippen LogP contribution in [0.2, 0.25) is 0 Å². The van der Waals surface area contributed by atoms with E-state index in [1.807, 2.05) is 0 Å². The van der Waals surface area contributed by atoms with Crippen LogP contribution in [0.3, 0.4) is 0 Å². The van der Waals surface area contributed by atoms with Gasteiger partial charge in [-0.2, -0.15) is 0 Å². The number of aliphatic hydroxyl groups is 2. The summed E-state index contributed by atoms with van der Waals surface area (Å²) in [6.45, 7) is 1.72.